The van der Waals surface area contributed by atoms with E-state index in [0.29, 0.717) is 0 Å². The zero-order valence-corrected chi connectivity index (χ0v) is 23.2. The molecule has 0 saturated carbocycles. The van der Waals surface area contributed by atoms with Crippen LogP contribution in [0.3, 0.4) is 0 Å². The van der Waals surface area contributed by atoms with Crippen LogP contribution < -0.4 is 0 Å². The van der Waals surface area contributed by atoms with E-state index in [9.17, 15) is 0 Å². The molecule has 0 aromatic heterocycles. The lowest BCUT2D eigenvalue weighted by Gasteiger charge is -2.19. The Kier molecular flexibility index (Phi) is 5.90. The van der Waals surface area contributed by atoms with E-state index in [2.05, 4.69) is 170 Å². The third kappa shape index (κ3) is 4.08. The lowest BCUT2D eigenvalue weighted by molar-refractivity contribution is 1.62. The van der Waals surface area contributed by atoms with Gasteiger partial charge in [-0.3, -0.25) is 0 Å². The van der Waals surface area contributed by atoms with Crippen molar-refractivity contribution >= 4 is 32.3 Å². The van der Waals surface area contributed by atoms with Crippen LogP contribution in [-0.2, 0) is 0 Å². The molecule has 0 radical (unpaired) electrons. The summed E-state index contributed by atoms with van der Waals surface area (Å²) >= 11 is 0. The Morgan fingerprint density at radius 1 is 0.238 bits per heavy atom. The number of hydrogen-bond donors (Lipinski definition) is 0. The van der Waals surface area contributed by atoms with Crippen LogP contribution in [0.4, 0.5) is 0 Å². The first kappa shape index (κ1) is 24.3. The second kappa shape index (κ2) is 10.2. The Hall–Kier alpha value is -5.46. The molecular weight excluding hydrogens is 504 g/mol. The molecule has 196 valence electrons. The van der Waals surface area contributed by atoms with Crippen LogP contribution in [0.25, 0.3) is 76.8 Å². The molecule has 8 aromatic carbocycles. The van der Waals surface area contributed by atoms with Gasteiger partial charge in [0.1, 0.15) is 0 Å². The minimum Gasteiger partial charge on any atom is -0.0622 e. The van der Waals surface area contributed by atoms with Gasteiger partial charge in [-0.15, -0.1) is 0 Å². The summed E-state index contributed by atoms with van der Waals surface area (Å²) < 4.78 is 0. The quantitative estimate of drug-likeness (QED) is 0.198. The van der Waals surface area contributed by atoms with E-state index in [4.69, 9.17) is 0 Å². The van der Waals surface area contributed by atoms with Crippen molar-refractivity contribution in [2.45, 2.75) is 0 Å². The van der Waals surface area contributed by atoms with Gasteiger partial charge in [0.2, 0.25) is 0 Å². The summed E-state index contributed by atoms with van der Waals surface area (Å²) in [6.07, 6.45) is 0. The second-order valence-corrected chi connectivity index (χ2v) is 10.9. The minimum atomic E-state index is 1.22. The van der Waals surface area contributed by atoms with Crippen molar-refractivity contribution in [1.82, 2.24) is 0 Å². The second-order valence-electron chi connectivity index (χ2n) is 10.9. The van der Waals surface area contributed by atoms with Crippen molar-refractivity contribution in [3.05, 3.63) is 170 Å². The highest BCUT2D eigenvalue weighted by molar-refractivity contribution is 6.22. The maximum Gasteiger partial charge on any atom is -0.00262 e. The SMILES string of the molecule is c1ccc(-c2cc(-c3ccc4c(-c5ccccc5)c5ccccc5c(-c5ccccc5)c4c3)c3ccccc3c2)cc1. The van der Waals surface area contributed by atoms with Gasteiger partial charge in [-0.1, -0.05) is 152 Å². The molecule has 42 heavy (non-hydrogen) atoms. The van der Waals surface area contributed by atoms with E-state index < -0.39 is 0 Å². The Morgan fingerprint density at radius 2 is 0.714 bits per heavy atom. The van der Waals surface area contributed by atoms with Crippen LogP contribution >= 0.6 is 0 Å². The lowest BCUT2D eigenvalue weighted by atomic mass is 9.84. The predicted octanol–water partition coefficient (Wildman–Crippen LogP) is 11.8. The molecule has 0 aliphatic rings. The maximum absolute atomic E-state index is 2.42. The van der Waals surface area contributed by atoms with Crippen LogP contribution in [0, 0.1) is 0 Å². The molecule has 0 bridgehead atoms. The molecule has 0 atom stereocenters. The largest absolute Gasteiger partial charge is 0.0622 e. The summed E-state index contributed by atoms with van der Waals surface area (Å²) in [4.78, 5) is 0. The van der Waals surface area contributed by atoms with Crippen molar-refractivity contribution in [2.75, 3.05) is 0 Å². The first-order valence-corrected chi connectivity index (χ1v) is 14.5. The number of benzene rings is 8. The first-order valence-electron chi connectivity index (χ1n) is 14.5. The molecule has 0 heteroatoms. The Morgan fingerprint density at radius 3 is 1.33 bits per heavy atom. The van der Waals surface area contributed by atoms with E-state index >= 15 is 0 Å². The van der Waals surface area contributed by atoms with Gasteiger partial charge in [0.15, 0.2) is 0 Å². The standard InChI is InChI=1S/C42H28/c1-4-14-29(15-5-1)34-26-32-20-10-11-21-35(32)39(28-34)33-24-25-38-40(27-33)42(31-18-8-3-9-19-31)37-23-13-12-22-36(37)41(38)30-16-6-2-7-17-30/h1-28H. The van der Waals surface area contributed by atoms with Crippen molar-refractivity contribution in [2.24, 2.45) is 0 Å². The van der Waals surface area contributed by atoms with Gasteiger partial charge >= 0.3 is 0 Å². The van der Waals surface area contributed by atoms with E-state index in [0.717, 1.165) is 0 Å². The number of hydrogen-bond acceptors (Lipinski definition) is 0. The van der Waals surface area contributed by atoms with Gasteiger partial charge in [0.25, 0.3) is 0 Å². The van der Waals surface area contributed by atoms with Gasteiger partial charge in [-0.25, -0.2) is 0 Å². The molecule has 0 N–H and O–H groups in total. The Bertz CT molecular complexity index is 2210. The summed E-state index contributed by atoms with van der Waals surface area (Å²) in [6, 6.07) is 61.7. The first-order chi connectivity index (χ1) is 20.8. The monoisotopic (exact) mass is 532 g/mol. The molecule has 0 unspecified atom stereocenters. The summed E-state index contributed by atoms with van der Waals surface area (Å²) in [6.45, 7) is 0. The average Bonchev–Trinajstić information content (AvgIpc) is 3.07. The van der Waals surface area contributed by atoms with Gasteiger partial charge < -0.3 is 0 Å². The van der Waals surface area contributed by atoms with Crippen LogP contribution in [0.2, 0.25) is 0 Å². The van der Waals surface area contributed by atoms with Gasteiger partial charge in [-0.2, -0.15) is 0 Å². The van der Waals surface area contributed by atoms with Crippen molar-refractivity contribution in [3.8, 4) is 44.5 Å². The molecule has 0 amide bonds. The topological polar surface area (TPSA) is 0 Å². The molecule has 0 aliphatic heterocycles. The minimum absolute atomic E-state index is 1.22. The van der Waals surface area contributed by atoms with Gasteiger partial charge in [0, 0.05) is 0 Å². The van der Waals surface area contributed by atoms with Crippen LogP contribution in [0.1, 0.15) is 0 Å². The van der Waals surface area contributed by atoms with Crippen LogP contribution in [-0.4, -0.2) is 0 Å². The lowest BCUT2D eigenvalue weighted by Crippen LogP contribution is -1.92. The molecule has 0 fully saturated rings. The van der Waals surface area contributed by atoms with E-state index in [1.165, 1.54) is 76.8 Å². The van der Waals surface area contributed by atoms with Gasteiger partial charge in [-0.05, 0) is 95.0 Å². The zero-order valence-electron chi connectivity index (χ0n) is 23.2. The summed E-state index contributed by atoms with van der Waals surface area (Å²) in [5.74, 6) is 0. The van der Waals surface area contributed by atoms with Crippen LogP contribution in [0.15, 0.2) is 170 Å². The molecule has 8 rings (SSSR count). The molecule has 0 nitrogen and oxygen atoms in total. The number of rotatable bonds is 4. The van der Waals surface area contributed by atoms with Crippen molar-refractivity contribution in [3.63, 3.8) is 0 Å². The fourth-order valence-electron chi connectivity index (χ4n) is 6.52. The smallest absolute Gasteiger partial charge is 0.00262 e. The molecule has 0 saturated heterocycles. The molecule has 0 aliphatic carbocycles. The zero-order chi connectivity index (χ0) is 27.9. The van der Waals surface area contributed by atoms with Crippen LogP contribution in [0.5, 0.6) is 0 Å². The number of fused-ring (bicyclic) bond motifs is 3. The maximum atomic E-state index is 2.42. The third-order valence-electron chi connectivity index (χ3n) is 8.43. The normalized spacial score (nSPS) is 11.3. The Labute approximate surface area is 246 Å². The molecule has 8 aromatic rings. The Balaban J connectivity index is 1.49. The highest BCUT2D eigenvalue weighted by Gasteiger charge is 2.18. The summed E-state index contributed by atoms with van der Waals surface area (Å²) in [5.41, 5.74) is 9.98. The molecule has 0 spiro atoms. The third-order valence-corrected chi connectivity index (χ3v) is 8.43. The highest BCUT2D eigenvalue weighted by atomic mass is 14.2. The van der Waals surface area contributed by atoms with E-state index in [1.807, 2.05) is 0 Å². The fraction of sp³-hybridized carbons (Fsp3) is 0. The predicted molar refractivity (Wildman–Crippen MR) is 181 cm³/mol. The van der Waals surface area contributed by atoms with E-state index in [-0.39, 0.29) is 0 Å². The molecular formula is C42H28. The summed E-state index contributed by atoms with van der Waals surface area (Å²) in [7, 11) is 0. The van der Waals surface area contributed by atoms with Crippen molar-refractivity contribution < 1.29 is 0 Å². The van der Waals surface area contributed by atoms with Gasteiger partial charge in [0.05, 0.1) is 0 Å². The summed E-state index contributed by atoms with van der Waals surface area (Å²) in [5, 5.41) is 7.61. The average molecular weight is 533 g/mol. The van der Waals surface area contributed by atoms with E-state index in [1.54, 1.807) is 0 Å². The molecule has 0 heterocycles. The van der Waals surface area contributed by atoms with Crippen molar-refractivity contribution in [1.29, 1.82) is 0 Å². The highest BCUT2D eigenvalue weighted by Crippen LogP contribution is 2.45. The fourth-order valence-corrected chi connectivity index (χ4v) is 6.52.